The molecule has 0 aliphatic rings. The summed E-state index contributed by atoms with van der Waals surface area (Å²) < 4.78 is 0. The highest BCUT2D eigenvalue weighted by Gasteiger charge is 2.43. The molecule has 0 aliphatic heterocycles. The van der Waals surface area contributed by atoms with E-state index in [0.717, 1.165) is 5.92 Å². The molecule has 0 spiro atoms. The van der Waals surface area contributed by atoms with E-state index >= 15 is 0 Å². The molecule has 0 aromatic rings. The van der Waals surface area contributed by atoms with E-state index in [0.29, 0.717) is 17.5 Å². The molecule has 0 atom stereocenters. The highest BCUT2D eigenvalue weighted by molar-refractivity contribution is 4.97. The standard InChI is InChI=1S/C16H35N/c1-12(2)11-15(7,8)16(9,10)17(13(3)4)14(5)6/h12-14H,11H2,1-10H3. The third kappa shape index (κ3) is 3.98. The van der Waals surface area contributed by atoms with Crippen molar-refractivity contribution >= 4 is 0 Å². The van der Waals surface area contributed by atoms with Gasteiger partial charge in [0.15, 0.2) is 0 Å². The molecular formula is C16H35N. The molecule has 0 unspecified atom stereocenters. The predicted octanol–water partition coefficient (Wildman–Crippen LogP) is 4.96. The van der Waals surface area contributed by atoms with Gasteiger partial charge in [0.2, 0.25) is 0 Å². The van der Waals surface area contributed by atoms with Gasteiger partial charge in [-0.1, -0.05) is 27.7 Å². The number of nitrogens with zero attached hydrogens (tertiary/aromatic N) is 1. The van der Waals surface area contributed by atoms with E-state index in [1.54, 1.807) is 0 Å². The van der Waals surface area contributed by atoms with E-state index in [-0.39, 0.29) is 5.54 Å². The molecule has 0 fully saturated rings. The highest BCUT2D eigenvalue weighted by Crippen LogP contribution is 2.42. The van der Waals surface area contributed by atoms with Crippen molar-refractivity contribution in [3.63, 3.8) is 0 Å². The molecule has 0 amide bonds. The van der Waals surface area contributed by atoms with Crippen LogP contribution in [0.25, 0.3) is 0 Å². The molecule has 104 valence electrons. The Morgan fingerprint density at radius 2 is 1.12 bits per heavy atom. The van der Waals surface area contributed by atoms with Crippen LogP contribution in [0.4, 0.5) is 0 Å². The van der Waals surface area contributed by atoms with Gasteiger partial charge in [0, 0.05) is 17.6 Å². The molecule has 0 aliphatic carbocycles. The smallest absolute Gasteiger partial charge is 0.0209 e. The zero-order valence-electron chi connectivity index (χ0n) is 13.9. The van der Waals surface area contributed by atoms with Crippen LogP contribution in [0.1, 0.15) is 75.7 Å². The maximum absolute atomic E-state index is 2.66. The fourth-order valence-electron chi connectivity index (χ4n) is 3.51. The summed E-state index contributed by atoms with van der Waals surface area (Å²) in [5, 5.41) is 0. The van der Waals surface area contributed by atoms with Crippen molar-refractivity contribution in [1.29, 1.82) is 0 Å². The monoisotopic (exact) mass is 241 g/mol. The first-order chi connectivity index (χ1) is 7.43. The van der Waals surface area contributed by atoms with Crippen molar-refractivity contribution in [1.82, 2.24) is 4.90 Å². The Labute approximate surface area is 110 Å². The fourth-order valence-corrected chi connectivity index (χ4v) is 3.51. The second kappa shape index (κ2) is 5.73. The van der Waals surface area contributed by atoms with E-state index in [1.165, 1.54) is 6.42 Å². The van der Waals surface area contributed by atoms with Crippen molar-refractivity contribution in [2.75, 3.05) is 0 Å². The first-order valence-electron chi connectivity index (χ1n) is 7.22. The van der Waals surface area contributed by atoms with Gasteiger partial charge in [0.05, 0.1) is 0 Å². The summed E-state index contributed by atoms with van der Waals surface area (Å²) in [4.78, 5) is 2.66. The molecular weight excluding hydrogens is 206 g/mol. The first kappa shape index (κ1) is 17.0. The van der Waals surface area contributed by atoms with Crippen LogP contribution in [-0.4, -0.2) is 22.5 Å². The van der Waals surface area contributed by atoms with Crippen LogP contribution in [0.2, 0.25) is 0 Å². The molecule has 0 radical (unpaired) electrons. The van der Waals surface area contributed by atoms with Crippen LogP contribution in [0, 0.1) is 11.3 Å². The van der Waals surface area contributed by atoms with Crippen LogP contribution in [0.5, 0.6) is 0 Å². The van der Waals surface area contributed by atoms with Gasteiger partial charge in [-0.3, -0.25) is 4.90 Å². The minimum absolute atomic E-state index is 0.222. The van der Waals surface area contributed by atoms with Gasteiger partial charge >= 0.3 is 0 Å². The molecule has 1 nitrogen and oxygen atoms in total. The highest BCUT2D eigenvalue weighted by atomic mass is 15.2. The minimum atomic E-state index is 0.222. The molecule has 1 heteroatoms. The molecule has 0 aromatic heterocycles. The van der Waals surface area contributed by atoms with Crippen LogP contribution in [0.3, 0.4) is 0 Å². The van der Waals surface area contributed by atoms with Crippen molar-refractivity contribution in [3.05, 3.63) is 0 Å². The lowest BCUT2D eigenvalue weighted by atomic mass is 9.68. The Hall–Kier alpha value is -0.0400. The van der Waals surface area contributed by atoms with Crippen molar-refractivity contribution in [2.24, 2.45) is 11.3 Å². The predicted molar refractivity (Wildman–Crippen MR) is 79.4 cm³/mol. The molecule has 0 bridgehead atoms. The third-order valence-corrected chi connectivity index (χ3v) is 4.33. The van der Waals surface area contributed by atoms with Gasteiger partial charge in [-0.15, -0.1) is 0 Å². The van der Waals surface area contributed by atoms with Crippen LogP contribution in [0.15, 0.2) is 0 Å². The van der Waals surface area contributed by atoms with Gasteiger partial charge in [0.25, 0.3) is 0 Å². The number of hydrogen-bond acceptors (Lipinski definition) is 1. The van der Waals surface area contributed by atoms with Gasteiger partial charge in [0.1, 0.15) is 0 Å². The average Bonchev–Trinajstić information content (AvgIpc) is 1.97. The Morgan fingerprint density at radius 3 is 1.35 bits per heavy atom. The third-order valence-electron chi connectivity index (χ3n) is 4.33. The Morgan fingerprint density at radius 1 is 0.765 bits per heavy atom. The van der Waals surface area contributed by atoms with E-state index in [1.807, 2.05) is 0 Å². The van der Waals surface area contributed by atoms with E-state index in [9.17, 15) is 0 Å². The van der Waals surface area contributed by atoms with Crippen LogP contribution >= 0.6 is 0 Å². The molecule has 0 aromatic carbocycles. The lowest BCUT2D eigenvalue weighted by Crippen LogP contribution is -2.59. The Balaban J connectivity index is 5.19. The largest absolute Gasteiger partial charge is 0.293 e. The molecule has 0 saturated carbocycles. The van der Waals surface area contributed by atoms with Gasteiger partial charge in [-0.2, -0.15) is 0 Å². The lowest BCUT2D eigenvalue weighted by Gasteiger charge is -2.54. The lowest BCUT2D eigenvalue weighted by molar-refractivity contribution is -0.0418. The van der Waals surface area contributed by atoms with E-state index < -0.39 is 0 Å². The summed E-state index contributed by atoms with van der Waals surface area (Å²) in [7, 11) is 0. The summed E-state index contributed by atoms with van der Waals surface area (Å²) >= 11 is 0. The van der Waals surface area contributed by atoms with Gasteiger partial charge in [-0.25, -0.2) is 0 Å². The Kier molecular flexibility index (Phi) is 5.72. The van der Waals surface area contributed by atoms with Gasteiger partial charge in [-0.05, 0) is 59.3 Å². The van der Waals surface area contributed by atoms with Gasteiger partial charge < -0.3 is 0 Å². The zero-order valence-corrected chi connectivity index (χ0v) is 13.9. The fraction of sp³-hybridized carbons (Fsp3) is 1.00. The quantitative estimate of drug-likeness (QED) is 0.635. The molecule has 17 heavy (non-hydrogen) atoms. The maximum atomic E-state index is 2.66. The zero-order chi connectivity index (χ0) is 14.0. The van der Waals surface area contributed by atoms with Crippen molar-refractivity contribution < 1.29 is 0 Å². The van der Waals surface area contributed by atoms with E-state index in [4.69, 9.17) is 0 Å². The van der Waals surface area contributed by atoms with Crippen LogP contribution in [-0.2, 0) is 0 Å². The maximum Gasteiger partial charge on any atom is 0.0209 e. The summed E-state index contributed by atoms with van der Waals surface area (Å²) in [6.45, 7) is 23.6. The van der Waals surface area contributed by atoms with Crippen LogP contribution < -0.4 is 0 Å². The molecule has 0 heterocycles. The number of hydrogen-bond donors (Lipinski definition) is 0. The van der Waals surface area contributed by atoms with E-state index in [2.05, 4.69) is 74.1 Å². The van der Waals surface area contributed by atoms with Crippen molar-refractivity contribution in [2.45, 2.75) is 93.3 Å². The van der Waals surface area contributed by atoms with Crippen molar-refractivity contribution in [3.8, 4) is 0 Å². The second-order valence-corrected chi connectivity index (χ2v) is 7.64. The topological polar surface area (TPSA) is 3.24 Å². The molecule has 0 rings (SSSR count). The Bertz CT molecular complexity index is 216. The molecule has 0 saturated heterocycles. The molecule has 0 N–H and O–H groups in total. The second-order valence-electron chi connectivity index (χ2n) is 7.64. The summed E-state index contributed by atoms with van der Waals surface area (Å²) in [6.07, 6.45) is 1.27. The summed E-state index contributed by atoms with van der Waals surface area (Å²) in [5.74, 6) is 0.755. The summed E-state index contributed by atoms with van der Waals surface area (Å²) in [6, 6.07) is 1.19. The number of rotatable bonds is 6. The summed E-state index contributed by atoms with van der Waals surface area (Å²) in [5.41, 5.74) is 0.551. The SMILES string of the molecule is CC(C)CC(C)(C)C(C)(C)N(C(C)C)C(C)C. The minimum Gasteiger partial charge on any atom is -0.293 e. The average molecular weight is 241 g/mol. The normalized spacial score (nSPS) is 14.5. The first-order valence-corrected chi connectivity index (χ1v) is 7.22.